The molecular formula is C21H19FN2O5. The minimum absolute atomic E-state index is 0.0216. The molecule has 0 spiro atoms. The van der Waals surface area contributed by atoms with Gasteiger partial charge in [-0.15, -0.1) is 0 Å². The van der Waals surface area contributed by atoms with Gasteiger partial charge in [-0.1, -0.05) is 18.2 Å². The van der Waals surface area contributed by atoms with Crippen LogP contribution >= 0.6 is 0 Å². The van der Waals surface area contributed by atoms with Crippen molar-refractivity contribution in [2.45, 2.75) is 19.6 Å². The average molecular weight is 398 g/mol. The maximum absolute atomic E-state index is 12.9. The van der Waals surface area contributed by atoms with Gasteiger partial charge in [0.2, 0.25) is 0 Å². The molecule has 0 aliphatic carbocycles. The smallest absolute Gasteiger partial charge is 0.305 e. The Morgan fingerprint density at radius 2 is 1.72 bits per heavy atom. The third-order valence-corrected chi connectivity index (χ3v) is 3.89. The van der Waals surface area contributed by atoms with Crippen LogP contribution in [0.25, 0.3) is 0 Å². The van der Waals surface area contributed by atoms with Crippen molar-refractivity contribution in [1.29, 1.82) is 0 Å². The topological polar surface area (TPSA) is 89.8 Å². The first-order chi connectivity index (χ1) is 14.0. The molecule has 0 unspecified atom stereocenters. The van der Waals surface area contributed by atoms with E-state index >= 15 is 0 Å². The number of furan rings is 1. The summed E-state index contributed by atoms with van der Waals surface area (Å²) in [7, 11) is 0. The number of nitrogens with one attached hydrogen (secondary N) is 2. The van der Waals surface area contributed by atoms with Crippen LogP contribution in [0.2, 0.25) is 0 Å². The molecule has 0 radical (unpaired) electrons. The van der Waals surface area contributed by atoms with Crippen LogP contribution < -0.4 is 20.3 Å². The second-order valence-corrected chi connectivity index (χ2v) is 6.03. The predicted molar refractivity (Wildman–Crippen MR) is 102 cm³/mol. The standard InChI is InChI=1S/C21H19FN2O5/c1-14(29-18-9-7-16(22)8-10-18)20(25)23-24-21(26)19-15(11-12-27-19)13-28-17-5-3-2-4-6-17/h2-12,14H,13H2,1H3,(H,23,25)(H,24,26)/t14-/m0/s1. The molecule has 1 atom stereocenters. The van der Waals surface area contributed by atoms with E-state index in [2.05, 4.69) is 10.9 Å². The van der Waals surface area contributed by atoms with Crippen LogP contribution in [-0.2, 0) is 11.4 Å². The monoisotopic (exact) mass is 398 g/mol. The number of hydrogen-bond donors (Lipinski definition) is 2. The quantitative estimate of drug-likeness (QED) is 0.597. The van der Waals surface area contributed by atoms with Crippen LogP contribution in [0.5, 0.6) is 11.5 Å². The van der Waals surface area contributed by atoms with Crippen LogP contribution in [0.4, 0.5) is 4.39 Å². The van der Waals surface area contributed by atoms with Gasteiger partial charge < -0.3 is 13.9 Å². The van der Waals surface area contributed by atoms with E-state index in [1.165, 1.54) is 37.5 Å². The largest absolute Gasteiger partial charge is 0.489 e. The summed E-state index contributed by atoms with van der Waals surface area (Å²) in [6, 6.07) is 16.0. The zero-order valence-corrected chi connectivity index (χ0v) is 15.6. The lowest BCUT2D eigenvalue weighted by atomic mass is 10.2. The number of ether oxygens (including phenoxy) is 2. The summed E-state index contributed by atoms with van der Waals surface area (Å²) < 4.78 is 29.1. The Hall–Kier alpha value is -3.81. The van der Waals surface area contributed by atoms with E-state index in [0.29, 0.717) is 17.1 Å². The fraction of sp³-hybridized carbons (Fsp3) is 0.143. The van der Waals surface area contributed by atoms with Gasteiger partial charge >= 0.3 is 5.91 Å². The molecule has 8 heteroatoms. The first kappa shape index (κ1) is 19.9. The summed E-state index contributed by atoms with van der Waals surface area (Å²) in [5, 5.41) is 0. The molecule has 150 valence electrons. The number of hydrogen-bond acceptors (Lipinski definition) is 5. The number of hydrazine groups is 1. The zero-order chi connectivity index (χ0) is 20.6. The molecule has 2 N–H and O–H groups in total. The second kappa shape index (κ2) is 9.41. The van der Waals surface area contributed by atoms with E-state index in [4.69, 9.17) is 13.9 Å². The first-order valence-corrected chi connectivity index (χ1v) is 8.79. The molecule has 0 aliphatic rings. The highest BCUT2D eigenvalue weighted by atomic mass is 19.1. The van der Waals surface area contributed by atoms with Crippen LogP contribution in [0.3, 0.4) is 0 Å². The molecule has 0 fully saturated rings. The summed E-state index contributed by atoms with van der Waals surface area (Å²) in [5.41, 5.74) is 5.06. The fourth-order valence-corrected chi connectivity index (χ4v) is 2.37. The van der Waals surface area contributed by atoms with Crippen LogP contribution in [0, 0.1) is 5.82 Å². The van der Waals surface area contributed by atoms with Gasteiger partial charge in [0.15, 0.2) is 11.9 Å². The summed E-state index contributed by atoms with van der Waals surface area (Å²) >= 11 is 0. The molecule has 0 aliphatic heterocycles. The van der Waals surface area contributed by atoms with Crippen molar-refractivity contribution in [3.63, 3.8) is 0 Å². The predicted octanol–water partition coefficient (Wildman–Crippen LogP) is 3.23. The summed E-state index contributed by atoms with van der Waals surface area (Å²) in [4.78, 5) is 24.4. The van der Waals surface area contributed by atoms with Crippen molar-refractivity contribution in [1.82, 2.24) is 10.9 Å². The van der Waals surface area contributed by atoms with Gasteiger partial charge in [0.05, 0.1) is 6.26 Å². The van der Waals surface area contributed by atoms with Crippen molar-refractivity contribution >= 4 is 11.8 Å². The van der Waals surface area contributed by atoms with Gasteiger partial charge in [-0.25, -0.2) is 4.39 Å². The van der Waals surface area contributed by atoms with Crippen LogP contribution in [-0.4, -0.2) is 17.9 Å². The van der Waals surface area contributed by atoms with Gasteiger partial charge in [-0.2, -0.15) is 0 Å². The van der Waals surface area contributed by atoms with E-state index in [0.717, 1.165) is 0 Å². The maximum atomic E-state index is 12.9. The van der Waals surface area contributed by atoms with E-state index in [9.17, 15) is 14.0 Å². The third kappa shape index (κ3) is 5.58. The Bertz CT molecular complexity index is 957. The first-order valence-electron chi connectivity index (χ1n) is 8.79. The second-order valence-electron chi connectivity index (χ2n) is 6.03. The van der Waals surface area contributed by atoms with Crippen molar-refractivity contribution in [3.05, 3.63) is 84.1 Å². The molecule has 0 saturated heterocycles. The van der Waals surface area contributed by atoms with Gasteiger partial charge in [0, 0.05) is 5.56 Å². The Kier molecular flexibility index (Phi) is 6.47. The molecular weight excluding hydrogens is 379 g/mol. The number of halogens is 1. The van der Waals surface area contributed by atoms with E-state index in [1.54, 1.807) is 18.2 Å². The number of para-hydroxylation sites is 1. The van der Waals surface area contributed by atoms with Crippen LogP contribution in [0.15, 0.2) is 71.3 Å². The highest BCUT2D eigenvalue weighted by molar-refractivity contribution is 5.94. The number of amides is 2. The molecule has 0 saturated carbocycles. The SMILES string of the molecule is C[C@H](Oc1ccc(F)cc1)C(=O)NNC(=O)c1occc1COc1ccccc1. The summed E-state index contributed by atoms with van der Waals surface area (Å²) in [6.45, 7) is 1.62. The Labute approximate surface area is 166 Å². The molecule has 0 bridgehead atoms. The zero-order valence-electron chi connectivity index (χ0n) is 15.6. The number of benzene rings is 2. The normalized spacial score (nSPS) is 11.4. The van der Waals surface area contributed by atoms with Crippen molar-refractivity contribution in [2.75, 3.05) is 0 Å². The molecule has 2 aromatic carbocycles. The molecule has 1 aromatic heterocycles. The fourth-order valence-electron chi connectivity index (χ4n) is 2.37. The van der Waals surface area contributed by atoms with Gasteiger partial charge in [0.1, 0.15) is 23.9 Å². The molecule has 2 amide bonds. The Morgan fingerprint density at radius 3 is 2.45 bits per heavy atom. The Morgan fingerprint density at radius 1 is 1.00 bits per heavy atom. The molecule has 3 aromatic rings. The van der Waals surface area contributed by atoms with Crippen molar-refractivity contribution in [3.8, 4) is 11.5 Å². The summed E-state index contributed by atoms with van der Waals surface area (Å²) in [5.74, 6) is -0.632. The average Bonchev–Trinajstić information content (AvgIpc) is 3.21. The number of carbonyl (C=O) groups is 2. The lowest BCUT2D eigenvalue weighted by Gasteiger charge is -2.15. The minimum Gasteiger partial charge on any atom is -0.489 e. The molecule has 3 rings (SSSR count). The number of rotatable bonds is 7. The van der Waals surface area contributed by atoms with E-state index in [-0.39, 0.29) is 12.4 Å². The van der Waals surface area contributed by atoms with E-state index in [1.807, 2.05) is 18.2 Å². The lowest BCUT2D eigenvalue weighted by Crippen LogP contribution is -2.47. The summed E-state index contributed by atoms with van der Waals surface area (Å²) in [6.07, 6.45) is 0.444. The highest BCUT2D eigenvalue weighted by Gasteiger charge is 2.19. The van der Waals surface area contributed by atoms with Crippen molar-refractivity contribution < 1.29 is 27.9 Å². The lowest BCUT2D eigenvalue weighted by molar-refractivity contribution is -0.128. The van der Waals surface area contributed by atoms with Gasteiger partial charge in [0.25, 0.3) is 5.91 Å². The highest BCUT2D eigenvalue weighted by Crippen LogP contribution is 2.16. The maximum Gasteiger partial charge on any atom is 0.305 e. The Balaban J connectivity index is 1.50. The van der Waals surface area contributed by atoms with Gasteiger partial charge in [-0.05, 0) is 49.4 Å². The van der Waals surface area contributed by atoms with E-state index < -0.39 is 23.7 Å². The third-order valence-electron chi connectivity index (χ3n) is 3.89. The minimum atomic E-state index is -0.918. The van der Waals surface area contributed by atoms with Gasteiger partial charge in [-0.3, -0.25) is 20.4 Å². The number of carbonyl (C=O) groups excluding carboxylic acids is 2. The molecule has 29 heavy (non-hydrogen) atoms. The van der Waals surface area contributed by atoms with Crippen LogP contribution in [0.1, 0.15) is 23.0 Å². The molecule has 1 heterocycles. The molecule has 7 nitrogen and oxygen atoms in total. The van der Waals surface area contributed by atoms with Crippen molar-refractivity contribution in [2.24, 2.45) is 0 Å².